The maximum Gasteiger partial charge on any atom is 0.392 e. The summed E-state index contributed by atoms with van der Waals surface area (Å²) in [5, 5.41) is 10.3. The molecule has 0 amide bonds. The second kappa shape index (κ2) is 7.98. The Bertz CT molecular complexity index is 522. The van der Waals surface area contributed by atoms with Gasteiger partial charge in [0.05, 0.1) is 4.92 Å². The van der Waals surface area contributed by atoms with Gasteiger partial charge < -0.3 is 10.3 Å². The number of ether oxygens (including phenoxy) is 1. The first-order chi connectivity index (χ1) is 8.04. The topological polar surface area (TPSA) is 123 Å². The monoisotopic (exact) mass is 274 g/mol. The van der Waals surface area contributed by atoms with E-state index >= 15 is 0 Å². The van der Waals surface area contributed by atoms with Crippen molar-refractivity contribution in [3.05, 3.63) is 39.9 Å². The molecule has 0 saturated carbocycles. The molecule has 0 N–H and O–H groups in total. The van der Waals surface area contributed by atoms with Crippen molar-refractivity contribution in [2.45, 2.75) is 0 Å². The Morgan fingerprint density at radius 2 is 1.89 bits per heavy atom. The Morgan fingerprint density at radius 1 is 1.33 bits per heavy atom. The molecule has 0 spiro atoms. The molecule has 0 aromatic heterocycles. The van der Waals surface area contributed by atoms with Crippen LogP contribution in [0, 0.1) is 10.1 Å². The van der Waals surface area contributed by atoms with Crippen LogP contribution in [-0.4, -0.2) is 79.1 Å². The van der Waals surface area contributed by atoms with Crippen LogP contribution in [0.1, 0.15) is 0 Å². The van der Waals surface area contributed by atoms with Crippen LogP contribution >= 0.6 is 0 Å². The standard InChI is InChI=1S/C9H5N3O5.K/c10-11-5-8(13)9(14)17-7-3-1-6(2-4-7)12(15)16;/h1-5H;. The van der Waals surface area contributed by atoms with Crippen LogP contribution in [0.5, 0.6) is 5.75 Å². The number of carbonyl (C=O) groups excluding carboxylic acids is 2. The first-order valence-corrected chi connectivity index (χ1v) is 4.22. The summed E-state index contributed by atoms with van der Waals surface area (Å²) < 4.78 is 4.55. The van der Waals surface area contributed by atoms with E-state index in [2.05, 4.69) is 9.53 Å². The number of nitrogens with zero attached hydrogens (tertiary/aromatic N) is 3. The van der Waals surface area contributed by atoms with Gasteiger partial charge in [0.15, 0.2) is 0 Å². The predicted octanol–water partition coefficient (Wildman–Crippen LogP) is -0.0109. The van der Waals surface area contributed by atoms with Crippen LogP contribution in [0.25, 0.3) is 5.53 Å². The molecule has 0 aliphatic rings. The average molecular weight is 274 g/mol. The van der Waals surface area contributed by atoms with Crippen LogP contribution < -0.4 is 4.74 Å². The van der Waals surface area contributed by atoms with Crippen molar-refractivity contribution in [1.29, 1.82) is 0 Å². The molecule has 8 nitrogen and oxygen atoms in total. The quantitative estimate of drug-likeness (QED) is 0.0879. The van der Waals surface area contributed by atoms with Crippen molar-refractivity contribution in [3.8, 4) is 5.75 Å². The number of hydrogen-bond donors (Lipinski definition) is 0. The summed E-state index contributed by atoms with van der Waals surface area (Å²) in [6, 6.07) is 4.57. The molecule has 0 unspecified atom stereocenters. The number of nitro groups is 1. The van der Waals surface area contributed by atoms with E-state index in [1.54, 1.807) is 0 Å². The molecular formula is C9H5KN3O5. The fourth-order valence-electron chi connectivity index (χ4n) is 0.898. The third-order valence-corrected chi connectivity index (χ3v) is 1.63. The normalized spacial score (nSPS) is 8.44. The SMILES string of the molecule is [K].[N-]=[N+]=CC(=O)C(=O)Oc1ccc([N+](=O)[O-])cc1. The van der Waals surface area contributed by atoms with Crippen LogP contribution in [0.2, 0.25) is 0 Å². The van der Waals surface area contributed by atoms with E-state index < -0.39 is 16.7 Å². The van der Waals surface area contributed by atoms with Crippen molar-refractivity contribution >= 4 is 75.0 Å². The second-order valence-electron chi connectivity index (χ2n) is 2.75. The van der Waals surface area contributed by atoms with Gasteiger partial charge in [-0.3, -0.25) is 14.9 Å². The minimum Gasteiger partial charge on any atom is -0.420 e. The molecule has 0 saturated heterocycles. The molecule has 1 rings (SSSR count). The zero-order chi connectivity index (χ0) is 12.8. The molecule has 1 radical (unpaired) electrons. The zero-order valence-electron chi connectivity index (χ0n) is 9.27. The molecule has 0 heterocycles. The van der Waals surface area contributed by atoms with Crippen LogP contribution in [0.15, 0.2) is 24.3 Å². The minimum absolute atomic E-state index is 0. The van der Waals surface area contributed by atoms with Gasteiger partial charge in [0.1, 0.15) is 5.75 Å². The molecule has 0 aliphatic carbocycles. The van der Waals surface area contributed by atoms with Crippen LogP contribution in [0.4, 0.5) is 5.69 Å². The Hall–Kier alpha value is -1.22. The van der Waals surface area contributed by atoms with Crippen LogP contribution in [0.3, 0.4) is 0 Å². The van der Waals surface area contributed by atoms with E-state index in [0.717, 1.165) is 12.1 Å². The Kier molecular flexibility index (Phi) is 7.44. The van der Waals surface area contributed by atoms with Gasteiger partial charge in [0.2, 0.25) is 0 Å². The maximum atomic E-state index is 11.0. The number of nitro benzene ring substituents is 1. The van der Waals surface area contributed by atoms with Gasteiger partial charge in [0, 0.05) is 63.5 Å². The summed E-state index contributed by atoms with van der Waals surface area (Å²) >= 11 is 0. The average Bonchev–Trinajstić information content (AvgIpc) is 2.30. The van der Waals surface area contributed by atoms with E-state index in [-0.39, 0.29) is 62.8 Å². The van der Waals surface area contributed by atoms with E-state index in [0.29, 0.717) is 6.21 Å². The smallest absolute Gasteiger partial charge is 0.392 e. The second-order valence-corrected chi connectivity index (χ2v) is 2.75. The van der Waals surface area contributed by atoms with Crippen molar-refractivity contribution in [3.63, 3.8) is 0 Å². The van der Waals surface area contributed by atoms with Crippen molar-refractivity contribution in [2.75, 3.05) is 0 Å². The van der Waals surface area contributed by atoms with E-state index in [4.69, 9.17) is 5.53 Å². The van der Waals surface area contributed by atoms with Gasteiger partial charge in [-0.05, 0) is 12.1 Å². The Morgan fingerprint density at radius 3 is 2.33 bits per heavy atom. The molecule has 9 heteroatoms. The molecule has 0 aliphatic heterocycles. The number of non-ortho nitro benzene ring substituents is 1. The Balaban J connectivity index is 0.00000289. The number of esters is 1. The first-order valence-electron chi connectivity index (χ1n) is 4.22. The van der Waals surface area contributed by atoms with E-state index in [1.807, 2.05) is 0 Å². The van der Waals surface area contributed by atoms with Gasteiger partial charge in [-0.15, -0.1) is 0 Å². The van der Waals surface area contributed by atoms with Crippen molar-refractivity contribution < 1.29 is 24.0 Å². The molecule has 18 heavy (non-hydrogen) atoms. The summed E-state index contributed by atoms with van der Waals surface area (Å²) in [7, 11) is 0. The summed E-state index contributed by atoms with van der Waals surface area (Å²) in [6.07, 6.45) is 0.383. The molecule has 87 valence electrons. The van der Waals surface area contributed by atoms with Crippen molar-refractivity contribution in [2.24, 2.45) is 0 Å². The number of hydrogen-bond acceptors (Lipinski definition) is 5. The number of rotatable bonds is 4. The Labute approximate surface area is 143 Å². The largest absolute Gasteiger partial charge is 0.420 e. The number of benzene rings is 1. The van der Waals surface area contributed by atoms with Crippen LogP contribution in [-0.2, 0) is 9.59 Å². The number of ketones is 1. The molecule has 0 bridgehead atoms. The number of carbonyl (C=O) groups is 2. The third kappa shape index (κ3) is 4.96. The van der Waals surface area contributed by atoms with Gasteiger partial charge >= 0.3 is 18.0 Å². The minimum atomic E-state index is -1.25. The fraction of sp³-hybridized carbons (Fsp3) is 0. The van der Waals surface area contributed by atoms with Gasteiger partial charge in [-0.2, -0.15) is 4.79 Å². The summed E-state index contributed by atoms with van der Waals surface area (Å²) in [6.45, 7) is 0. The molecule has 0 atom stereocenters. The fourth-order valence-corrected chi connectivity index (χ4v) is 0.898. The summed E-state index contributed by atoms with van der Waals surface area (Å²) in [5.74, 6) is -2.43. The summed E-state index contributed by atoms with van der Waals surface area (Å²) in [5.41, 5.74) is 7.84. The molecule has 1 aromatic rings. The van der Waals surface area contributed by atoms with Crippen molar-refractivity contribution in [1.82, 2.24) is 0 Å². The van der Waals surface area contributed by atoms with E-state index in [9.17, 15) is 19.7 Å². The zero-order valence-corrected chi connectivity index (χ0v) is 12.4. The number of Topliss-reactive ketones (excluding diaryl/α,β-unsaturated/α-hetero) is 1. The maximum absolute atomic E-state index is 11.0. The van der Waals surface area contributed by atoms with Gasteiger partial charge in [-0.1, -0.05) is 0 Å². The third-order valence-electron chi connectivity index (χ3n) is 1.63. The van der Waals surface area contributed by atoms with Gasteiger partial charge in [0.25, 0.3) is 5.69 Å². The molecular weight excluding hydrogens is 269 g/mol. The first kappa shape index (κ1) is 16.8. The molecule has 1 aromatic carbocycles. The van der Waals surface area contributed by atoms with Gasteiger partial charge in [-0.25, -0.2) is 4.79 Å². The van der Waals surface area contributed by atoms with E-state index in [1.165, 1.54) is 12.1 Å². The predicted molar refractivity (Wildman–Crippen MR) is 59.2 cm³/mol. The molecule has 0 fully saturated rings. The summed E-state index contributed by atoms with van der Waals surface area (Å²) in [4.78, 5) is 33.9.